The SMILES string of the molecule is CN[C@]1(c2ccccc2Cl)CCC[C@H](OP(=O)(O)O)C1=O. The van der Waals surface area contributed by atoms with Crippen LogP contribution in [0.25, 0.3) is 0 Å². The molecule has 1 aliphatic carbocycles. The average molecular weight is 334 g/mol. The molecule has 0 bridgehead atoms. The van der Waals surface area contributed by atoms with Crippen LogP contribution < -0.4 is 5.32 Å². The number of rotatable bonds is 4. The third-order valence-electron chi connectivity index (χ3n) is 3.76. The number of likely N-dealkylation sites (N-methyl/N-ethyl adjacent to an activating group) is 1. The van der Waals surface area contributed by atoms with Gasteiger partial charge in [-0.2, -0.15) is 0 Å². The molecule has 0 aromatic heterocycles. The number of benzene rings is 1. The Balaban J connectivity index is 2.41. The summed E-state index contributed by atoms with van der Waals surface area (Å²) in [4.78, 5) is 30.6. The Kier molecular flexibility index (Phi) is 4.88. The first kappa shape index (κ1) is 16.6. The number of halogens is 1. The fourth-order valence-electron chi connectivity index (χ4n) is 2.81. The minimum absolute atomic E-state index is 0.276. The van der Waals surface area contributed by atoms with E-state index in [1.54, 1.807) is 31.3 Å². The monoisotopic (exact) mass is 333 g/mol. The highest BCUT2D eigenvalue weighted by Gasteiger charge is 2.48. The van der Waals surface area contributed by atoms with Crippen molar-refractivity contribution < 1.29 is 23.7 Å². The van der Waals surface area contributed by atoms with E-state index in [4.69, 9.17) is 21.4 Å². The van der Waals surface area contributed by atoms with Gasteiger partial charge >= 0.3 is 7.82 Å². The molecule has 2 rings (SSSR count). The van der Waals surface area contributed by atoms with Gasteiger partial charge < -0.3 is 15.1 Å². The van der Waals surface area contributed by atoms with E-state index < -0.39 is 25.2 Å². The Morgan fingerprint density at radius 2 is 2.10 bits per heavy atom. The number of ketones is 1. The second-order valence-electron chi connectivity index (χ2n) is 4.98. The van der Waals surface area contributed by atoms with Crippen molar-refractivity contribution in [2.75, 3.05) is 7.05 Å². The molecule has 1 saturated carbocycles. The molecule has 116 valence electrons. The van der Waals surface area contributed by atoms with E-state index in [-0.39, 0.29) is 6.42 Å². The first-order valence-electron chi connectivity index (χ1n) is 6.52. The third-order valence-corrected chi connectivity index (χ3v) is 4.61. The number of hydrogen-bond acceptors (Lipinski definition) is 4. The van der Waals surface area contributed by atoms with Gasteiger partial charge in [0.15, 0.2) is 5.78 Å². The first-order valence-corrected chi connectivity index (χ1v) is 8.43. The van der Waals surface area contributed by atoms with Crippen LogP contribution in [0.15, 0.2) is 24.3 Å². The minimum Gasteiger partial charge on any atom is -0.304 e. The van der Waals surface area contributed by atoms with Crippen LogP contribution in [0.2, 0.25) is 5.02 Å². The molecule has 0 amide bonds. The fraction of sp³-hybridized carbons (Fsp3) is 0.462. The quantitative estimate of drug-likeness (QED) is 0.729. The van der Waals surface area contributed by atoms with Gasteiger partial charge in [0, 0.05) is 5.02 Å². The van der Waals surface area contributed by atoms with Crippen molar-refractivity contribution in [3.05, 3.63) is 34.9 Å². The van der Waals surface area contributed by atoms with Crippen LogP contribution in [0.4, 0.5) is 0 Å². The Morgan fingerprint density at radius 1 is 1.43 bits per heavy atom. The molecule has 0 saturated heterocycles. The number of phosphoric ester groups is 1. The molecule has 0 unspecified atom stereocenters. The summed E-state index contributed by atoms with van der Waals surface area (Å²) in [6.07, 6.45) is 0.205. The zero-order valence-electron chi connectivity index (χ0n) is 11.5. The highest BCUT2D eigenvalue weighted by Crippen LogP contribution is 2.44. The lowest BCUT2D eigenvalue weighted by molar-refractivity contribution is -0.137. The van der Waals surface area contributed by atoms with E-state index in [1.807, 2.05) is 0 Å². The van der Waals surface area contributed by atoms with Crippen molar-refractivity contribution in [2.24, 2.45) is 0 Å². The number of carbonyl (C=O) groups is 1. The van der Waals surface area contributed by atoms with Crippen LogP contribution in [0.5, 0.6) is 0 Å². The Labute approximate surface area is 127 Å². The topological polar surface area (TPSA) is 95.9 Å². The predicted molar refractivity (Wildman–Crippen MR) is 78.0 cm³/mol. The van der Waals surface area contributed by atoms with Crippen molar-refractivity contribution in [3.8, 4) is 0 Å². The summed E-state index contributed by atoms with van der Waals surface area (Å²) in [7, 11) is -3.10. The van der Waals surface area contributed by atoms with E-state index in [1.165, 1.54) is 0 Å². The summed E-state index contributed by atoms with van der Waals surface area (Å²) < 4.78 is 15.7. The van der Waals surface area contributed by atoms with Crippen LogP contribution in [0.3, 0.4) is 0 Å². The van der Waals surface area contributed by atoms with Crippen LogP contribution in [-0.2, 0) is 19.4 Å². The highest BCUT2D eigenvalue weighted by atomic mass is 35.5. The lowest BCUT2D eigenvalue weighted by atomic mass is 9.74. The predicted octanol–water partition coefficient (Wildman–Crippen LogP) is 1.99. The molecule has 0 spiro atoms. The lowest BCUT2D eigenvalue weighted by Crippen LogP contribution is -2.54. The number of nitrogens with one attached hydrogen (secondary N) is 1. The third kappa shape index (κ3) is 3.37. The minimum atomic E-state index is -4.72. The summed E-state index contributed by atoms with van der Waals surface area (Å²) in [6, 6.07) is 6.93. The zero-order chi connectivity index (χ0) is 15.7. The van der Waals surface area contributed by atoms with Gasteiger partial charge in [-0.05, 0) is 37.9 Å². The molecule has 1 aromatic carbocycles. The molecule has 1 aliphatic rings. The largest absolute Gasteiger partial charge is 0.470 e. The molecular formula is C13H17ClNO5P. The van der Waals surface area contributed by atoms with E-state index in [0.29, 0.717) is 23.4 Å². The second-order valence-corrected chi connectivity index (χ2v) is 6.58. The van der Waals surface area contributed by atoms with E-state index in [9.17, 15) is 9.36 Å². The van der Waals surface area contributed by atoms with Crippen LogP contribution >= 0.6 is 19.4 Å². The average Bonchev–Trinajstić information content (AvgIpc) is 2.41. The molecule has 6 nitrogen and oxygen atoms in total. The summed E-state index contributed by atoms with van der Waals surface area (Å²) in [5.41, 5.74) is -0.491. The number of Topliss-reactive ketones (excluding diaryl/α,β-unsaturated/α-hetero) is 1. The van der Waals surface area contributed by atoms with Gasteiger partial charge in [0.2, 0.25) is 0 Å². The highest BCUT2D eigenvalue weighted by molar-refractivity contribution is 7.46. The Bertz CT molecular complexity index is 590. The molecule has 3 N–H and O–H groups in total. The van der Waals surface area contributed by atoms with E-state index in [2.05, 4.69) is 9.84 Å². The van der Waals surface area contributed by atoms with Crippen molar-refractivity contribution in [2.45, 2.75) is 30.9 Å². The number of carbonyl (C=O) groups excluding carboxylic acids is 1. The van der Waals surface area contributed by atoms with Gasteiger partial charge in [-0.3, -0.25) is 9.32 Å². The molecule has 1 aromatic rings. The van der Waals surface area contributed by atoms with Gasteiger partial charge in [-0.25, -0.2) is 4.57 Å². The molecule has 0 aliphatic heterocycles. The fourth-order valence-corrected chi connectivity index (χ4v) is 3.64. The molecular weight excluding hydrogens is 317 g/mol. The van der Waals surface area contributed by atoms with E-state index >= 15 is 0 Å². The van der Waals surface area contributed by atoms with Crippen LogP contribution in [0, 0.1) is 0 Å². The smallest absolute Gasteiger partial charge is 0.304 e. The normalized spacial score (nSPS) is 26.9. The van der Waals surface area contributed by atoms with Crippen molar-refractivity contribution in [3.63, 3.8) is 0 Å². The van der Waals surface area contributed by atoms with Crippen molar-refractivity contribution >= 4 is 25.2 Å². The summed E-state index contributed by atoms with van der Waals surface area (Å²) in [5.74, 6) is -0.410. The zero-order valence-corrected chi connectivity index (χ0v) is 13.1. The van der Waals surface area contributed by atoms with Gasteiger partial charge in [-0.1, -0.05) is 29.8 Å². The van der Waals surface area contributed by atoms with Crippen LogP contribution in [-0.4, -0.2) is 28.7 Å². The maximum absolute atomic E-state index is 12.7. The molecule has 0 radical (unpaired) electrons. The van der Waals surface area contributed by atoms with Crippen molar-refractivity contribution in [1.82, 2.24) is 5.32 Å². The van der Waals surface area contributed by atoms with Gasteiger partial charge in [0.05, 0.1) is 0 Å². The molecule has 1 fully saturated rings. The maximum atomic E-state index is 12.7. The number of hydrogen-bond donors (Lipinski definition) is 3. The van der Waals surface area contributed by atoms with E-state index in [0.717, 1.165) is 0 Å². The van der Waals surface area contributed by atoms with Crippen molar-refractivity contribution in [1.29, 1.82) is 0 Å². The molecule has 0 heterocycles. The summed E-state index contributed by atoms with van der Waals surface area (Å²) in [5, 5.41) is 3.40. The van der Waals surface area contributed by atoms with Crippen LogP contribution in [0.1, 0.15) is 24.8 Å². The van der Waals surface area contributed by atoms with Gasteiger partial charge in [0.1, 0.15) is 11.6 Å². The molecule has 21 heavy (non-hydrogen) atoms. The summed E-state index contributed by atoms with van der Waals surface area (Å²) >= 11 is 6.19. The second kappa shape index (κ2) is 6.16. The molecule has 8 heteroatoms. The lowest BCUT2D eigenvalue weighted by Gasteiger charge is -2.39. The first-order chi connectivity index (χ1) is 9.80. The summed E-state index contributed by atoms with van der Waals surface area (Å²) in [6.45, 7) is 0. The Morgan fingerprint density at radius 3 is 2.67 bits per heavy atom. The standard InChI is InChI=1S/C13H17ClNO5P/c1-15-13(9-5-2-3-6-10(9)14)8-4-7-11(12(13)16)20-21(17,18)19/h2-3,5-6,11,15H,4,7-8H2,1H3,(H2,17,18,19)/t11-,13-/m0/s1. The Hall–Kier alpha value is -0.750. The van der Waals surface area contributed by atoms with Gasteiger partial charge in [-0.15, -0.1) is 0 Å². The maximum Gasteiger partial charge on any atom is 0.470 e. The van der Waals surface area contributed by atoms with Gasteiger partial charge in [0.25, 0.3) is 0 Å². The number of phosphoric acid groups is 1. The molecule has 2 atom stereocenters.